The number of amides is 1. The second kappa shape index (κ2) is 7.26. The Morgan fingerprint density at radius 3 is 2.59 bits per heavy atom. The van der Waals surface area contributed by atoms with Gasteiger partial charge < -0.3 is 10.3 Å². The molecule has 0 spiro atoms. The van der Waals surface area contributed by atoms with Crippen molar-refractivity contribution in [3.05, 3.63) is 75.6 Å². The van der Waals surface area contributed by atoms with Crippen molar-refractivity contribution in [3.63, 3.8) is 0 Å². The first kappa shape index (κ1) is 18.7. The van der Waals surface area contributed by atoms with Crippen molar-refractivity contribution in [3.8, 4) is 0 Å². The van der Waals surface area contributed by atoms with Gasteiger partial charge in [0.15, 0.2) is 0 Å². The van der Waals surface area contributed by atoms with E-state index >= 15 is 0 Å². The highest BCUT2D eigenvalue weighted by atomic mass is 19.4. The summed E-state index contributed by atoms with van der Waals surface area (Å²) in [6, 6.07) is 10.8. The summed E-state index contributed by atoms with van der Waals surface area (Å²) in [5.41, 5.74) is 0.627. The number of anilines is 1. The van der Waals surface area contributed by atoms with Crippen molar-refractivity contribution >= 4 is 22.5 Å². The second-order valence-electron chi connectivity index (χ2n) is 6.20. The van der Waals surface area contributed by atoms with Crippen LogP contribution in [0.25, 0.3) is 10.9 Å². The van der Waals surface area contributed by atoms with Gasteiger partial charge in [0.1, 0.15) is 0 Å². The Hall–Kier alpha value is -3.09. The van der Waals surface area contributed by atoms with Crippen molar-refractivity contribution in [2.75, 3.05) is 5.32 Å². The van der Waals surface area contributed by atoms with Crippen molar-refractivity contribution in [1.29, 1.82) is 0 Å². The van der Waals surface area contributed by atoms with Crippen molar-refractivity contribution in [1.82, 2.24) is 4.98 Å². The van der Waals surface area contributed by atoms with Crippen LogP contribution in [-0.2, 0) is 12.6 Å². The number of aromatic amines is 1. The maximum Gasteiger partial charge on any atom is 0.416 e. The number of carbonyl (C=O) groups is 1. The van der Waals surface area contributed by atoms with Crippen LogP contribution in [0.15, 0.2) is 53.3 Å². The largest absolute Gasteiger partial charge is 0.416 e. The van der Waals surface area contributed by atoms with E-state index in [1.54, 1.807) is 24.3 Å². The molecule has 1 amide bonds. The minimum atomic E-state index is -4.52. The lowest BCUT2D eigenvalue weighted by molar-refractivity contribution is -0.137. The fourth-order valence-corrected chi connectivity index (χ4v) is 2.93. The lowest BCUT2D eigenvalue weighted by Crippen LogP contribution is -2.14. The van der Waals surface area contributed by atoms with Crippen LogP contribution in [0, 0.1) is 0 Å². The number of pyridine rings is 1. The maximum absolute atomic E-state index is 12.8. The van der Waals surface area contributed by atoms with Crippen LogP contribution in [-0.4, -0.2) is 10.9 Å². The van der Waals surface area contributed by atoms with E-state index in [0.717, 1.165) is 35.9 Å². The van der Waals surface area contributed by atoms with Crippen molar-refractivity contribution in [2.24, 2.45) is 0 Å². The van der Waals surface area contributed by atoms with E-state index in [1.165, 1.54) is 12.1 Å². The van der Waals surface area contributed by atoms with Gasteiger partial charge >= 0.3 is 6.18 Å². The molecule has 140 valence electrons. The number of rotatable bonds is 4. The van der Waals surface area contributed by atoms with Gasteiger partial charge in [0.2, 0.25) is 5.56 Å². The zero-order valence-electron chi connectivity index (χ0n) is 14.5. The molecule has 0 aliphatic heterocycles. The van der Waals surface area contributed by atoms with Gasteiger partial charge in [0.25, 0.3) is 5.91 Å². The third-order valence-corrected chi connectivity index (χ3v) is 4.16. The third kappa shape index (κ3) is 4.19. The van der Waals surface area contributed by atoms with Crippen LogP contribution >= 0.6 is 0 Å². The number of benzene rings is 2. The smallest absolute Gasteiger partial charge is 0.322 e. The molecule has 0 bridgehead atoms. The van der Waals surface area contributed by atoms with Crippen LogP contribution in [0.3, 0.4) is 0 Å². The molecule has 0 aliphatic carbocycles. The molecular weight excluding hydrogens is 357 g/mol. The molecule has 3 aromatic rings. The quantitative estimate of drug-likeness (QED) is 0.692. The number of H-pyrrole nitrogens is 1. The number of fused-ring (bicyclic) bond motifs is 1. The monoisotopic (exact) mass is 374 g/mol. The zero-order valence-corrected chi connectivity index (χ0v) is 14.5. The summed E-state index contributed by atoms with van der Waals surface area (Å²) in [4.78, 5) is 26.8. The van der Waals surface area contributed by atoms with E-state index in [2.05, 4.69) is 10.3 Å². The molecule has 3 rings (SSSR count). The minimum absolute atomic E-state index is 0.0989. The fourth-order valence-electron chi connectivity index (χ4n) is 2.93. The van der Waals surface area contributed by atoms with Crippen LogP contribution in [0.1, 0.15) is 34.8 Å². The van der Waals surface area contributed by atoms with E-state index in [-0.39, 0.29) is 11.1 Å². The minimum Gasteiger partial charge on any atom is -0.322 e. The Morgan fingerprint density at radius 1 is 1.11 bits per heavy atom. The molecule has 1 aromatic heterocycles. The third-order valence-electron chi connectivity index (χ3n) is 4.16. The summed E-state index contributed by atoms with van der Waals surface area (Å²) in [6.45, 7) is 2.01. The molecule has 2 aromatic carbocycles. The molecule has 0 radical (unpaired) electrons. The highest BCUT2D eigenvalue weighted by Crippen LogP contribution is 2.29. The van der Waals surface area contributed by atoms with Crippen molar-refractivity contribution < 1.29 is 18.0 Å². The molecule has 0 atom stereocenters. The summed E-state index contributed by atoms with van der Waals surface area (Å²) in [6.07, 6.45) is -2.89. The number of halogens is 3. The molecule has 27 heavy (non-hydrogen) atoms. The lowest BCUT2D eigenvalue weighted by Gasteiger charge is -2.11. The summed E-state index contributed by atoms with van der Waals surface area (Å²) < 4.78 is 38.4. The first-order valence-corrected chi connectivity index (χ1v) is 8.42. The summed E-state index contributed by atoms with van der Waals surface area (Å²) in [5, 5.41) is 3.44. The summed E-state index contributed by atoms with van der Waals surface area (Å²) in [5.74, 6) is -0.660. The molecular formula is C20H17F3N2O2. The molecule has 0 unspecified atom stereocenters. The van der Waals surface area contributed by atoms with Gasteiger partial charge in [-0.25, -0.2) is 0 Å². The molecule has 0 saturated heterocycles. The highest BCUT2D eigenvalue weighted by Gasteiger charge is 2.30. The molecule has 0 saturated carbocycles. The standard InChI is InChI=1S/C20H17F3N2O2/c1-2-4-12-10-18(26)25-17-11-15(7-8-16(12)17)24-19(27)13-5-3-6-14(9-13)20(21,22)23/h3,5-11H,2,4H2,1H3,(H,24,27)(H,25,26). The first-order chi connectivity index (χ1) is 12.8. The molecule has 1 heterocycles. The van der Waals surface area contributed by atoms with Crippen LogP contribution in [0.4, 0.5) is 18.9 Å². The number of hydrogen-bond acceptors (Lipinski definition) is 2. The van der Waals surface area contributed by atoms with Crippen molar-refractivity contribution in [2.45, 2.75) is 25.9 Å². The molecule has 7 heteroatoms. The van der Waals surface area contributed by atoms with Crippen LogP contribution in [0.5, 0.6) is 0 Å². The number of carbonyl (C=O) groups excluding carboxylic acids is 1. The lowest BCUT2D eigenvalue weighted by atomic mass is 10.0. The predicted octanol–water partition coefficient (Wildman–Crippen LogP) is 4.75. The Kier molecular flexibility index (Phi) is 5.03. The second-order valence-corrected chi connectivity index (χ2v) is 6.20. The van der Waals surface area contributed by atoms with Crippen LogP contribution in [0.2, 0.25) is 0 Å². The molecule has 0 aliphatic rings. The van der Waals surface area contributed by atoms with E-state index in [9.17, 15) is 22.8 Å². The van der Waals surface area contributed by atoms with E-state index < -0.39 is 17.6 Å². The zero-order chi connectivity index (χ0) is 19.6. The fraction of sp³-hybridized carbons (Fsp3) is 0.200. The Labute approximate surface area is 153 Å². The first-order valence-electron chi connectivity index (χ1n) is 8.42. The Morgan fingerprint density at radius 2 is 1.89 bits per heavy atom. The predicted molar refractivity (Wildman–Crippen MR) is 98.0 cm³/mol. The number of hydrogen-bond donors (Lipinski definition) is 2. The van der Waals surface area contributed by atoms with E-state index in [1.807, 2.05) is 6.92 Å². The number of aryl methyl sites for hydroxylation is 1. The Balaban J connectivity index is 1.91. The SMILES string of the molecule is CCCc1cc(=O)[nH]c2cc(NC(=O)c3cccc(C(F)(F)F)c3)ccc12. The van der Waals surface area contributed by atoms with Gasteiger partial charge in [-0.05, 0) is 42.3 Å². The van der Waals surface area contributed by atoms with Gasteiger partial charge in [-0.1, -0.05) is 25.5 Å². The summed E-state index contributed by atoms with van der Waals surface area (Å²) in [7, 11) is 0. The van der Waals surface area contributed by atoms with Gasteiger partial charge in [-0.15, -0.1) is 0 Å². The Bertz CT molecular complexity index is 1060. The normalized spacial score (nSPS) is 11.6. The molecule has 4 nitrogen and oxygen atoms in total. The van der Waals surface area contributed by atoms with Gasteiger partial charge in [-0.3, -0.25) is 9.59 Å². The van der Waals surface area contributed by atoms with Gasteiger partial charge in [-0.2, -0.15) is 13.2 Å². The van der Waals surface area contributed by atoms with Crippen LogP contribution < -0.4 is 10.9 Å². The van der Waals surface area contributed by atoms with E-state index in [4.69, 9.17) is 0 Å². The average molecular weight is 374 g/mol. The maximum atomic E-state index is 12.8. The number of aromatic nitrogens is 1. The highest BCUT2D eigenvalue weighted by molar-refractivity contribution is 6.05. The number of alkyl halides is 3. The van der Waals surface area contributed by atoms with Gasteiger partial charge in [0, 0.05) is 22.7 Å². The average Bonchev–Trinajstić information content (AvgIpc) is 2.61. The van der Waals surface area contributed by atoms with Gasteiger partial charge in [0.05, 0.1) is 11.1 Å². The molecule has 2 N–H and O–H groups in total. The van der Waals surface area contributed by atoms with E-state index in [0.29, 0.717) is 11.2 Å². The summed E-state index contributed by atoms with van der Waals surface area (Å²) >= 11 is 0. The molecule has 0 fully saturated rings. The topological polar surface area (TPSA) is 62.0 Å². The number of nitrogens with one attached hydrogen (secondary N) is 2.